The SMILES string of the molecule is COc1ccc(Nc2cc(C(=O)NNC(=O)CCl)c3ccccc3n2)cc1. The number of alkyl halides is 1. The van der Waals surface area contributed by atoms with E-state index < -0.39 is 11.8 Å². The number of fused-ring (bicyclic) bond motifs is 1. The van der Waals surface area contributed by atoms with Crippen LogP contribution in [-0.2, 0) is 4.79 Å². The first-order valence-corrected chi connectivity index (χ1v) is 8.60. The Kier molecular flexibility index (Phi) is 5.73. The molecule has 138 valence electrons. The summed E-state index contributed by atoms with van der Waals surface area (Å²) in [5.74, 6) is 0.0152. The van der Waals surface area contributed by atoms with Gasteiger partial charge in [0.05, 0.1) is 18.2 Å². The van der Waals surface area contributed by atoms with Gasteiger partial charge in [-0.05, 0) is 36.4 Å². The van der Waals surface area contributed by atoms with E-state index in [-0.39, 0.29) is 5.88 Å². The number of methoxy groups -OCH3 is 1. The average Bonchev–Trinajstić information content (AvgIpc) is 2.71. The van der Waals surface area contributed by atoms with Crippen molar-refractivity contribution < 1.29 is 14.3 Å². The summed E-state index contributed by atoms with van der Waals surface area (Å²) in [6, 6.07) is 16.2. The highest BCUT2D eigenvalue weighted by Crippen LogP contribution is 2.24. The van der Waals surface area contributed by atoms with E-state index in [0.717, 1.165) is 11.4 Å². The number of para-hydroxylation sites is 1. The van der Waals surface area contributed by atoms with Crippen LogP contribution in [0.4, 0.5) is 11.5 Å². The lowest BCUT2D eigenvalue weighted by Crippen LogP contribution is -2.42. The van der Waals surface area contributed by atoms with Crippen LogP contribution in [0.1, 0.15) is 10.4 Å². The van der Waals surface area contributed by atoms with Gasteiger partial charge in [0.2, 0.25) is 0 Å². The van der Waals surface area contributed by atoms with Gasteiger partial charge in [-0.3, -0.25) is 20.4 Å². The van der Waals surface area contributed by atoms with Crippen LogP contribution in [0.5, 0.6) is 5.75 Å². The molecular formula is C19H17ClN4O3. The summed E-state index contributed by atoms with van der Waals surface area (Å²) in [7, 11) is 1.60. The predicted octanol–water partition coefficient (Wildman–Crippen LogP) is 2.99. The zero-order valence-electron chi connectivity index (χ0n) is 14.5. The predicted molar refractivity (Wildman–Crippen MR) is 104 cm³/mol. The Morgan fingerprint density at radius 2 is 1.81 bits per heavy atom. The minimum Gasteiger partial charge on any atom is -0.497 e. The van der Waals surface area contributed by atoms with E-state index in [1.54, 1.807) is 19.2 Å². The van der Waals surface area contributed by atoms with Crippen LogP contribution in [0.3, 0.4) is 0 Å². The number of nitrogens with one attached hydrogen (secondary N) is 3. The molecule has 0 aliphatic rings. The van der Waals surface area contributed by atoms with E-state index in [1.807, 2.05) is 42.5 Å². The maximum absolute atomic E-state index is 12.5. The summed E-state index contributed by atoms with van der Waals surface area (Å²) in [5, 5.41) is 3.83. The van der Waals surface area contributed by atoms with Crippen LogP contribution in [0.15, 0.2) is 54.6 Å². The second-order valence-corrected chi connectivity index (χ2v) is 5.83. The molecule has 0 unspecified atom stereocenters. The van der Waals surface area contributed by atoms with Crippen molar-refractivity contribution in [1.82, 2.24) is 15.8 Å². The van der Waals surface area contributed by atoms with Crippen molar-refractivity contribution in [2.45, 2.75) is 0 Å². The Bertz CT molecular complexity index is 976. The smallest absolute Gasteiger partial charge is 0.270 e. The number of hydrogen-bond donors (Lipinski definition) is 3. The fourth-order valence-electron chi connectivity index (χ4n) is 2.48. The molecule has 3 aromatic rings. The zero-order valence-corrected chi connectivity index (χ0v) is 15.2. The molecule has 1 aromatic heterocycles. The molecular weight excluding hydrogens is 368 g/mol. The van der Waals surface area contributed by atoms with Gasteiger partial charge in [-0.15, -0.1) is 11.6 Å². The molecule has 27 heavy (non-hydrogen) atoms. The largest absolute Gasteiger partial charge is 0.497 e. The van der Waals surface area contributed by atoms with Crippen molar-refractivity contribution >= 4 is 45.8 Å². The normalized spacial score (nSPS) is 10.3. The first kappa shape index (κ1) is 18.5. The Balaban J connectivity index is 1.92. The van der Waals surface area contributed by atoms with Crippen LogP contribution < -0.4 is 20.9 Å². The highest BCUT2D eigenvalue weighted by molar-refractivity contribution is 6.27. The molecule has 0 saturated heterocycles. The summed E-state index contributed by atoms with van der Waals surface area (Å²) < 4.78 is 5.14. The van der Waals surface area contributed by atoms with Crippen molar-refractivity contribution in [3.05, 3.63) is 60.2 Å². The number of amides is 2. The quantitative estimate of drug-likeness (QED) is 0.464. The summed E-state index contributed by atoms with van der Waals surface area (Å²) in [5.41, 5.74) is 6.41. The molecule has 0 aliphatic heterocycles. The first-order chi connectivity index (χ1) is 13.1. The van der Waals surface area contributed by atoms with Crippen LogP contribution in [-0.4, -0.2) is 29.8 Å². The van der Waals surface area contributed by atoms with Gasteiger partial charge in [0.25, 0.3) is 11.8 Å². The maximum atomic E-state index is 12.5. The fourth-order valence-corrected chi connectivity index (χ4v) is 2.54. The van der Waals surface area contributed by atoms with Crippen LogP contribution in [0.2, 0.25) is 0 Å². The minimum atomic E-state index is -0.500. The Labute approximate surface area is 160 Å². The number of halogens is 1. The van der Waals surface area contributed by atoms with E-state index in [4.69, 9.17) is 16.3 Å². The second-order valence-electron chi connectivity index (χ2n) is 5.56. The number of ether oxygens (including phenoxy) is 1. The molecule has 3 N–H and O–H groups in total. The van der Waals surface area contributed by atoms with Gasteiger partial charge < -0.3 is 10.1 Å². The number of nitrogens with zero attached hydrogens (tertiary/aromatic N) is 1. The lowest BCUT2D eigenvalue weighted by molar-refractivity contribution is -0.119. The van der Waals surface area contributed by atoms with Crippen LogP contribution in [0, 0.1) is 0 Å². The number of hydrogen-bond acceptors (Lipinski definition) is 5. The van der Waals surface area contributed by atoms with E-state index in [9.17, 15) is 9.59 Å². The van der Waals surface area contributed by atoms with Crippen LogP contribution in [0.25, 0.3) is 10.9 Å². The van der Waals surface area contributed by atoms with E-state index in [2.05, 4.69) is 21.2 Å². The average molecular weight is 385 g/mol. The molecule has 0 radical (unpaired) electrons. The standard InChI is InChI=1S/C19H17ClN4O3/c1-27-13-8-6-12(7-9-13)21-17-10-15(19(26)24-23-18(25)11-20)14-4-2-3-5-16(14)22-17/h2-10H,11H2,1H3,(H,21,22)(H,23,25)(H,24,26). The Morgan fingerprint density at radius 3 is 2.52 bits per heavy atom. The van der Waals surface area contributed by atoms with Crippen molar-refractivity contribution in [2.75, 3.05) is 18.3 Å². The molecule has 2 amide bonds. The number of pyridine rings is 1. The second kappa shape index (κ2) is 8.37. The van der Waals surface area contributed by atoms with Gasteiger partial charge in [0, 0.05) is 11.1 Å². The monoisotopic (exact) mass is 384 g/mol. The third-order valence-corrected chi connectivity index (χ3v) is 4.00. The van der Waals surface area contributed by atoms with Gasteiger partial charge in [-0.25, -0.2) is 4.98 Å². The van der Waals surface area contributed by atoms with Crippen molar-refractivity contribution in [1.29, 1.82) is 0 Å². The van der Waals surface area contributed by atoms with E-state index >= 15 is 0 Å². The van der Waals surface area contributed by atoms with Gasteiger partial charge in [0.15, 0.2) is 0 Å². The molecule has 0 fully saturated rings. The maximum Gasteiger partial charge on any atom is 0.270 e. The topological polar surface area (TPSA) is 92.4 Å². The highest BCUT2D eigenvalue weighted by Gasteiger charge is 2.14. The summed E-state index contributed by atoms with van der Waals surface area (Å²) >= 11 is 5.42. The molecule has 3 rings (SSSR count). The van der Waals surface area contributed by atoms with E-state index in [1.165, 1.54) is 0 Å². The number of hydrazine groups is 1. The fraction of sp³-hybridized carbons (Fsp3) is 0.105. The molecule has 0 atom stereocenters. The van der Waals surface area contributed by atoms with Gasteiger partial charge in [-0.2, -0.15) is 0 Å². The van der Waals surface area contributed by atoms with Gasteiger partial charge in [-0.1, -0.05) is 18.2 Å². The molecule has 0 aliphatic carbocycles. The number of carbonyl (C=O) groups excluding carboxylic acids is 2. The third kappa shape index (κ3) is 4.45. The molecule has 0 spiro atoms. The molecule has 0 bridgehead atoms. The molecule has 0 saturated carbocycles. The summed E-state index contributed by atoms with van der Waals surface area (Å²) in [6.45, 7) is 0. The zero-order chi connectivity index (χ0) is 19.2. The van der Waals surface area contributed by atoms with Gasteiger partial charge >= 0.3 is 0 Å². The molecule has 7 nitrogen and oxygen atoms in total. The van der Waals surface area contributed by atoms with Crippen molar-refractivity contribution in [3.8, 4) is 5.75 Å². The molecule has 2 aromatic carbocycles. The number of carbonyl (C=O) groups is 2. The molecule has 8 heteroatoms. The van der Waals surface area contributed by atoms with Crippen LogP contribution >= 0.6 is 11.6 Å². The van der Waals surface area contributed by atoms with E-state index in [0.29, 0.717) is 22.3 Å². The lowest BCUT2D eigenvalue weighted by atomic mass is 10.1. The van der Waals surface area contributed by atoms with Crippen molar-refractivity contribution in [3.63, 3.8) is 0 Å². The lowest BCUT2D eigenvalue weighted by Gasteiger charge is -2.12. The number of anilines is 2. The minimum absolute atomic E-state index is 0.248. The first-order valence-electron chi connectivity index (χ1n) is 8.06. The summed E-state index contributed by atoms with van der Waals surface area (Å²) in [6.07, 6.45) is 0. The Hall–Kier alpha value is -3.32. The number of aromatic nitrogens is 1. The van der Waals surface area contributed by atoms with Gasteiger partial charge in [0.1, 0.15) is 17.4 Å². The summed E-state index contributed by atoms with van der Waals surface area (Å²) in [4.78, 5) is 28.3. The van der Waals surface area contributed by atoms with Crippen molar-refractivity contribution in [2.24, 2.45) is 0 Å². The number of benzene rings is 2. The Morgan fingerprint density at radius 1 is 1.07 bits per heavy atom. The third-order valence-electron chi connectivity index (χ3n) is 3.76. The number of rotatable bonds is 5. The highest BCUT2D eigenvalue weighted by atomic mass is 35.5. The molecule has 1 heterocycles.